The third-order valence-electron chi connectivity index (χ3n) is 5.83. The minimum Gasteiger partial charge on any atom is -0.496 e. The summed E-state index contributed by atoms with van der Waals surface area (Å²) in [6.07, 6.45) is 0. The zero-order chi connectivity index (χ0) is 28.2. The molecule has 206 valence electrons. The van der Waals surface area contributed by atoms with E-state index in [-0.39, 0.29) is 11.8 Å². The van der Waals surface area contributed by atoms with Gasteiger partial charge in [-0.3, -0.25) is 9.59 Å². The van der Waals surface area contributed by atoms with Crippen molar-refractivity contribution in [2.24, 2.45) is 0 Å². The summed E-state index contributed by atoms with van der Waals surface area (Å²) in [5.74, 6) is 1.18. The molecular formula is C29H35N5O5. The maximum atomic E-state index is 12.6. The molecule has 0 bridgehead atoms. The Balaban J connectivity index is 1.53. The molecule has 0 saturated heterocycles. The highest BCUT2D eigenvalue weighted by molar-refractivity contribution is 6.01. The number of amides is 4. The second kappa shape index (κ2) is 14.4. The lowest BCUT2D eigenvalue weighted by Crippen LogP contribution is -2.34. The van der Waals surface area contributed by atoms with Gasteiger partial charge in [-0.05, 0) is 73.8 Å². The summed E-state index contributed by atoms with van der Waals surface area (Å²) in [7, 11) is 1.48. The lowest BCUT2D eigenvalue weighted by molar-refractivity contribution is -0.114. The minimum atomic E-state index is -0.448. The van der Waals surface area contributed by atoms with E-state index in [1.54, 1.807) is 66.7 Å². The van der Waals surface area contributed by atoms with Crippen LogP contribution in [0.5, 0.6) is 17.2 Å². The van der Waals surface area contributed by atoms with Crippen LogP contribution in [-0.4, -0.2) is 56.0 Å². The summed E-state index contributed by atoms with van der Waals surface area (Å²) < 4.78 is 11.2. The second-order valence-corrected chi connectivity index (χ2v) is 8.61. The Morgan fingerprint density at radius 1 is 0.769 bits per heavy atom. The first-order valence-electron chi connectivity index (χ1n) is 12.7. The van der Waals surface area contributed by atoms with Crippen molar-refractivity contribution in [3.05, 3.63) is 72.3 Å². The molecule has 0 heterocycles. The Bertz CT molecular complexity index is 1260. The number of likely N-dealkylation sites (N-methyl/N-ethyl adjacent to an activating group) is 1. The SMILES string of the molecule is CCN(CC)CCNC(=O)c1ccc(NC(=O)Nc2ccc(Oc3ccc(NC(C)=O)cc3)cc2)cc1OC. The van der Waals surface area contributed by atoms with Crippen LogP contribution in [0, 0.1) is 0 Å². The number of urea groups is 1. The number of methoxy groups -OCH3 is 1. The van der Waals surface area contributed by atoms with Crippen molar-refractivity contribution in [3.63, 3.8) is 0 Å². The molecule has 0 saturated carbocycles. The number of hydrogen-bond acceptors (Lipinski definition) is 6. The monoisotopic (exact) mass is 533 g/mol. The summed E-state index contributed by atoms with van der Waals surface area (Å²) >= 11 is 0. The van der Waals surface area contributed by atoms with Crippen LogP contribution < -0.4 is 30.7 Å². The quantitative estimate of drug-likeness (QED) is 0.255. The van der Waals surface area contributed by atoms with Gasteiger partial charge in [-0.15, -0.1) is 0 Å². The molecule has 0 fully saturated rings. The Morgan fingerprint density at radius 3 is 1.85 bits per heavy atom. The van der Waals surface area contributed by atoms with E-state index in [0.29, 0.717) is 46.4 Å². The number of rotatable bonds is 12. The Morgan fingerprint density at radius 2 is 1.31 bits per heavy atom. The van der Waals surface area contributed by atoms with E-state index in [9.17, 15) is 14.4 Å². The first-order valence-corrected chi connectivity index (χ1v) is 12.7. The fraction of sp³-hybridized carbons (Fsp3) is 0.276. The molecule has 10 nitrogen and oxygen atoms in total. The fourth-order valence-electron chi connectivity index (χ4n) is 3.76. The molecule has 10 heteroatoms. The van der Waals surface area contributed by atoms with E-state index >= 15 is 0 Å². The average Bonchev–Trinajstić information content (AvgIpc) is 2.92. The highest BCUT2D eigenvalue weighted by atomic mass is 16.5. The van der Waals surface area contributed by atoms with Crippen LogP contribution in [-0.2, 0) is 4.79 Å². The van der Waals surface area contributed by atoms with Crippen molar-refractivity contribution in [1.82, 2.24) is 10.2 Å². The maximum Gasteiger partial charge on any atom is 0.323 e. The molecule has 0 aliphatic carbocycles. The molecule has 0 aliphatic rings. The molecule has 3 aromatic carbocycles. The molecule has 4 amide bonds. The van der Waals surface area contributed by atoms with Crippen LogP contribution in [0.15, 0.2) is 66.7 Å². The number of benzene rings is 3. The largest absolute Gasteiger partial charge is 0.496 e. The van der Waals surface area contributed by atoms with E-state index in [0.717, 1.165) is 19.6 Å². The van der Waals surface area contributed by atoms with Crippen molar-refractivity contribution < 1.29 is 23.9 Å². The highest BCUT2D eigenvalue weighted by Crippen LogP contribution is 2.26. The van der Waals surface area contributed by atoms with Crippen molar-refractivity contribution in [2.75, 3.05) is 49.2 Å². The predicted octanol–water partition coefficient (Wildman–Crippen LogP) is 5.16. The molecule has 0 unspecified atom stereocenters. The van der Waals surface area contributed by atoms with Gasteiger partial charge in [-0.1, -0.05) is 13.8 Å². The van der Waals surface area contributed by atoms with E-state index in [1.807, 2.05) is 0 Å². The van der Waals surface area contributed by atoms with Gasteiger partial charge in [0.2, 0.25) is 5.91 Å². The number of nitrogens with zero attached hydrogens (tertiary/aromatic N) is 1. The first kappa shape index (κ1) is 29.0. The van der Waals surface area contributed by atoms with Gasteiger partial charge in [-0.25, -0.2) is 4.79 Å². The Hall–Kier alpha value is -4.57. The number of carbonyl (C=O) groups is 3. The fourth-order valence-corrected chi connectivity index (χ4v) is 3.76. The van der Waals surface area contributed by atoms with Gasteiger partial charge in [0.1, 0.15) is 17.2 Å². The van der Waals surface area contributed by atoms with E-state index < -0.39 is 6.03 Å². The molecule has 39 heavy (non-hydrogen) atoms. The van der Waals surface area contributed by atoms with Crippen LogP contribution >= 0.6 is 0 Å². The summed E-state index contributed by atoms with van der Waals surface area (Å²) in [6, 6.07) is 18.3. The van der Waals surface area contributed by atoms with Gasteiger partial charge in [-0.2, -0.15) is 0 Å². The minimum absolute atomic E-state index is 0.142. The van der Waals surface area contributed by atoms with Crippen LogP contribution in [0.1, 0.15) is 31.1 Å². The van der Waals surface area contributed by atoms with Crippen LogP contribution in [0.4, 0.5) is 21.9 Å². The molecule has 0 aliphatic heterocycles. The summed E-state index contributed by atoms with van der Waals surface area (Å²) in [5, 5.41) is 11.1. The molecule has 0 aromatic heterocycles. The molecular weight excluding hydrogens is 498 g/mol. The Kier molecular flexibility index (Phi) is 10.7. The third kappa shape index (κ3) is 9.04. The topological polar surface area (TPSA) is 121 Å². The van der Waals surface area contributed by atoms with Crippen molar-refractivity contribution >= 4 is 34.9 Å². The number of nitrogens with one attached hydrogen (secondary N) is 4. The second-order valence-electron chi connectivity index (χ2n) is 8.61. The standard InChI is InChI=1S/C29H35N5O5/c1-5-34(6-2)18-17-30-28(36)26-16-11-23(19-27(26)38-4)33-29(37)32-22-9-14-25(15-10-22)39-24-12-7-21(8-13-24)31-20(3)35/h7-16,19H,5-6,17-18H2,1-4H3,(H,30,36)(H,31,35)(H2,32,33,37). The van der Waals surface area contributed by atoms with Gasteiger partial charge < -0.3 is 35.6 Å². The zero-order valence-electron chi connectivity index (χ0n) is 22.7. The van der Waals surface area contributed by atoms with Gasteiger partial charge in [0, 0.05) is 43.1 Å². The van der Waals surface area contributed by atoms with E-state index in [2.05, 4.69) is 40.0 Å². The molecule has 0 atom stereocenters. The average molecular weight is 534 g/mol. The normalized spacial score (nSPS) is 10.5. The number of carbonyl (C=O) groups excluding carboxylic acids is 3. The van der Waals surface area contributed by atoms with Gasteiger partial charge in [0.15, 0.2) is 0 Å². The molecule has 3 aromatic rings. The third-order valence-corrected chi connectivity index (χ3v) is 5.83. The molecule has 0 radical (unpaired) electrons. The van der Waals surface area contributed by atoms with Gasteiger partial charge in [0.25, 0.3) is 5.91 Å². The van der Waals surface area contributed by atoms with Gasteiger partial charge in [0.05, 0.1) is 12.7 Å². The summed E-state index contributed by atoms with van der Waals surface area (Å²) in [5.41, 5.74) is 2.12. The van der Waals surface area contributed by atoms with Crippen LogP contribution in [0.25, 0.3) is 0 Å². The summed E-state index contributed by atoms with van der Waals surface area (Å²) in [4.78, 5) is 38.5. The predicted molar refractivity (Wildman–Crippen MR) is 153 cm³/mol. The maximum absolute atomic E-state index is 12.6. The molecule has 4 N–H and O–H groups in total. The van der Waals surface area contributed by atoms with Gasteiger partial charge >= 0.3 is 6.03 Å². The van der Waals surface area contributed by atoms with Crippen molar-refractivity contribution in [2.45, 2.75) is 20.8 Å². The smallest absolute Gasteiger partial charge is 0.323 e. The molecule has 3 rings (SSSR count). The van der Waals surface area contributed by atoms with Crippen LogP contribution in [0.2, 0.25) is 0 Å². The lowest BCUT2D eigenvalue weighted by Gasteiger charge is -2.18. The molecule has 0 spiro atoms. The van der Waals surface area contributed by atoms with Crippen molar-refractivity contribution in [3.8, 4) is 17.2 Å². The van der Waals surface area contributed by atoms with Crippen LogP contribution in [0.3, 0.4) is 0 Å². The number of anilines is 3. The van der Waals surface area contributed by atoms with E-state index in [4.69, 9.17) is 9.47 Å². The zero-order valence-corrected chi connectivity index (χ0v) is 22.7. The Labute approximate surface area is 228 Å². The number of hydrogen-bond donors (Lipinski definition) is 4. The summed E-state index contributed by atoms with van der Waals surface area (Å²) in [6.45, 7) is 8.75. The highest BCUT2D eigenvalue weighted by Gasteiger charge is 2.14. The lowest BCUT2D eigenvalue weighted by atomic mass is 10.1. The number of ether oxygens (including phenoxy) is 2. The van der Waals surface area contributed by atoms with E-state index in [1.165, 1.54) is 14.0 Å². The van der Waals surface area contributed by atoms with Crippen molar-refractivity contribution in [1.29, 1.82) is 0 Å². The first-order chi connectivity index (χ1) is 18.8.